The van der Waals surface area contributed by atoms with Gasteiger partial charge in [-0.3, -0.25) is 0 Å². The summed E-state index contributed by atoms with van der Waals surface area (Å²) in [6.45, 7) is 5.31. The number of morpholine rings is 1. The van der Waals surface area contributed by atoms with Gasteiger partial charge >= 0.3 is 0 Å². The number of ether oxygens (including phenoxy) is 1. The number of hydrogen-bond donors (Lipinski definition) is 0. The van der Waals surface area contributed by atoms with Crippen LogP contribution in [-0.4, -0.2) is 49.0 Å². The highest BCUT2D eigenvalue weighted by Crippen LogP contribution is 2.28. The number of nitrogens with zero attached hydrogens (tertiary/aromatic N) is 4. The summed E-state index contributed by atoms with van der Waals surface area (Å²) in [5.41, 5.74) is 2.58. The summed E-state index contributed by atoms with van der Waals surface area (Å²) in [5, 5.41) is 0. The minimum atomic E-state index is -3.53. The fraction of sp³-hybridized carbons (Fsp3) is 0.412. The molecule has 2 aliphatic heterocycles. The van der Waals surface area contributed by atoms with Gasteiger partial charge in [-0.25, -0.2) is 18.4 Å². The number of aryl methyl sites for hydroxylation is 1. The van der Waals surface area contributed by atoms with E-state index in [4.69, 9.17) is 4.74 Å². The van der Waals surface area contributed by atoms with E-state index in [1.165, 1.54) is 4.31 Å². The molecule has 0 saturated carbocycles. The average Bonchev–Trinajstić information content (AvgIpc) is 3.06. The minimum absolute atomic E-state index is 0.283. The number of fused-ring (bicyclic) bond motifs is 1. The third-order valence-corrected chi connectivity index (χ3v) is 6.32. The van der Waals surface area contributed by atoms with Gasteiger partial charge < -0.3 is 9.64 Å². The lowest BCUT2D eigenvalue weighted by atomic mass is 10.2. The quantitative estimate of drug-likeness (QED) is 0.822. The predicted molar refractivity (Wildman–Crippen MR) is 92.7 cm³/mol. The molecular formula is C17H20N4O3S. The number of sulfonamides is 1. The molecule has 132 valence electrons. The first-order valence-corrected chi connectivity index (χ1v) is 9.72. The third kappa shape index (κ3) is 3.12. The highest BCUT2D eigenvalue weighted by atomic mass is 32.2. The van der Waals surface area contributed by atoms with Crippen LogP contribution in [0.25, 0.3) is 0 Å². The molecule has 8 heteroatoms. The molecule has 1 aromatic carbocycles. The van der Waals surface area contributed by atoms with Crippen LogP contribution in [0.4, 0.5) is 5.95 Å². The smallest absolute Gasteiger partial charge is 0.243 e. The molecule has 2 aromatic rings. The first-order chi connectivity index (χ1) is 12.0. The molecule has 4 rings (SSSR count). The molecule has 1 saturated heterocycles. The van der Waals surface area contributed by atoms with Crippen molar-refractivity contribution in [3.8, 4) is 0 Å². The molecule has 0 atom stereocenters. The summed E-state index contributed by atoms with van der Waals surface area (Å²) >= 11 is 0. The summed E-state index contributed by atoms with van der Waals surface area (Å²) in [7, 11) is -3.53. The Morgan fingerprint density at radius 1 is 1.16 bits per heavy atom. The van der Waals surface area contributed by atoms with Crippen LogP contribution in [0.5, 0.6) is 0 Å². The van der Waals surface area contributed by atoms with Crippen LogP contribution in [0, 0.1) is 6.92 Å². The molecule has 0 amide bonds. The molecule has 0 radical (unpaired) electrons. The lowest BCUT2D eigenvalue weighted by molar-refractivity contribution is 0.122. The molecule has 0 N–H and O–H groups in total. The first-order valence-electron chi connectivity index (χ1n) is 8.28. The zero-order chi connectivity index (χ0) is 17.4. The van der Waals surface area contributed by atoms with E-state index < -0.39 is 10.0 Å². The van der Waals surface area contributed by atoms with Crippen molar-refractivity contribution in [3.63, 3.8) is 0 Å². The molecular weight excluding hydrogens is 340 g/mol. The molecule has 0 aliphatic carbocycles. The van der Waals surface area contributed by atoms with Gasteiger partial charge in [-0.2, -0.15) is 4.31 Å². The topological polar surface area (TPSA) is 75.6 Å². The van der Waals surface area contributed by atoms with Crippen molar-refractivity contribution in [2.75, 3.05) is 31.2 Å². The molecule has 0 unspecified atom stereocenters. The van der Waals surface area contributed by atoms with E-state index in [9.17, 15) is 8.42 Å². The van der Waals surface area contributed by atoms with Gasteiger partial charge in [-0.05, 0) is 24.6 Å². The zero-order valence-electron chi connectivity index (χ0n) is 14.1. The maximum absolute atomic E-state index is 12.9. The summed E-state index contributed by atoms with van der Waals surface area (Å²) in [6, 6.07) is 6.99. The van der Waals surface area contributed by atoms with Gasteiger partial charge in [0, 0.05) is 31.4 Å². The van der Waals surface area contributed by atoms with E-state index >= 15 is 0 Å². The van der Waals surface area contributed by atoms with Crippen molar-refractivity contribution >= 4 is 16.0 Å². The van der Waals surface area contributed by atoms with Gasteiger partial charge in [0.25, 0.3) is 0 Å². The van der Waals surface area contributed by atoms with Gasteiger partial charge in [0.2, 0.25) is 16.0 Å². The second-order valence-corrected chi connectivity index (χ2v) is 8.27. The van der Waals surface area contributed by atoms with E-state index in [-0.39, 0.29) is 6.54 Å². The molecule has 0 bridgehead atoms. The van der Waals surface area contributed by atoms with Gasteiger partial charge in [0.1, 0.15) is 0 Å². The van der Waals surface area contributed by atoms with E-state index in [2.05, 4.69) is 14.9 Å². The number of benzene rings is 1. The summed E-state index contributed by atoms with van der Waals surface area (Å²) in [4.78, 5) is 11.4. The van der Waals surface area contributed by atoms with Crippen LogP contribution >= 0.6 is 0 Å². The highest BCUT2D eigenvalue weighted by molar-refractivity contribution is 7.89. The Morgan fingerprint density at radius 3 is 2.72 bits per heavy atom. The van der Waals surface area contributed by atoms with E-state index in [1.807, 2.05) is 13.0 Å². The van der Waals surface area contributed by atoms with Crippen LogP contribution < -0.4 is 4.90 Å². The van der Waals surface area contributed by atoms with Crippen molar-refractivity contribution in [3.05, 3.63) is 47.3 Å². The standard InChI is InChI=1S/C17H20N4O3S/c1-13-3-2-4-15(9-13)25(22,23)21-11-14-10-18-17(19-16(14)12-21)20-5-7-24-8-6-20/h2-4,9-10H,5-8,11-12H2,1H3. The number of rotatable bonds is 3. The van der Waals surface area contributed by atoms with Gasteiger partial charge in [-0.15, -0.1) is 0 Å². The van der Waals surface area contributed by atoms with Gasteiger partial charge in [-0.1, -0.05) is 12.1 Å². The van der Waals surface area contributed by atoms with Gasteiger partial charge in [0.05, 0.1) is 30.3 Å². The lowest BCUT2D eigenvalue weighted by Crippen LogP contribution is -2.37. The van der Waals surface area contributed by atoms with Crippen molar-refractivity contribution in [1.29, 1.82) is 0 Å². The van der Waals surface area contributed by atoms with E-state index in [0.717, 1.165) is 29.9 Å². The van der Waals surface area contributed by atoms with Crippen molar-refractivity contribution in [1.82, 2.24) is 14.3 Å². The summed E-state index contributed by atoms with van der Waals surface area (Å²) in [6.07, 6.45) is 1.75. The maximum Gasteiger partial charge on any atom is 0.243 e. The first kappa shape index (κ1) is 16.4. The summed E-state index contributed by atoms with van der Waals surface area (Å²) in [5.74, 6) is 0.650. The lowest BCUT2D eigenvalue weighted by Gasteiger charge is -2.26. The number of hydrogen-bond acceptors (Lipinski definition) is 6. The Kier molecular flexibility index (Phi) is 4.18. The SMILES string of the molecule is Cc1cccc(S(=O)(=O)N2Cc3cnc(N4CCOCC4)nc3C2)c1. The summed E-state index contributed by atoms with van der Waals surface area (Å²) < 4.78 is 32.6. The third-order valence-electron chi connectivity index (χ3n) is 4.54. The molecule has 25 heavy (non-hydrogen) atoms. The van der Waals surface area contributed by atoms with Crippen molar-refractivity contribution in [2.24, 2.45) is 0 Å². The van der Waals surface area contributed by atoms with Crippen LogP contribution in [0.3, 0.4) is 0 Å². The zero-order valence-corrected chi connectivity index (χ0v) is 14.9. The minimum Gasteiger partial charge on any atom is -0.378 e. The van der Waals surface area contributed by atoms with Crippen LogP contribution in [0.1, 0.15) is 16.8 Å². The fourth-order valence-corrected chi connectivity index (χ4v) is 4.61. The highest BCUT2D eigenvalue weighted by Gasteiger charge is 2.32. The van der Waals surface area contributed by atoms with Crippen LogP contribution in [-0.2, 0) is 27.8 Å². The second-order valence-electron chi connectivity index (χ2n) is 6.33. The molecule has 7 nitrogen and oxygen atoms in total. The monoisotopic (exact) mass is 360 g/mol. The van der Waals surface area contributed by atoms with Crippen LogP contribution in [0.2, 0.25) is 0 Å². The maximum atomic E-state index is 12.9. The van der Waals surface area contributed by atoms with Crippen molar-refractivity contribution < 1.29 is 13.2 Å². The van der Waals surface area contributed by atoms with Crippen LogP contribution in [0.15, 0.2) is 35.4 Å². The Hall–Kier alpha value is -2.03. The van der Waals surface area contributed by atoms with Gasteiger partial charge in [0.15, 0.2) is 0 Å². The molecule has 0 spiro atoms. The molecule has 1 fully saturated rings. The van der Waals surface area contributed by atoms with E-state index in [1.54, 1.807) is 24.4 Å². The Bertz CT molecular complexity index is 895. The molecule has 2 aliphatic rings. The Morgan fingerprint density at radius 2 is 1.96 bits per heavy atom. The second kappa shape index (κ2) is 6.36. The number of aromatic nitrogens is 2. The number of anilines is 1. The predicted octanol–water partition coefficient (Wildman–Crippen LogP) is 1.33. The van der Waals surface area contributed by atoms with Crippen molar-refractivity contribution in [2.45, 2.75) is 24.9 Å². The Balaban J connectivity index is 1.58. The average molecular weight is 360 g/mol. The molecule has 3 heterocycles. The van der Waals surface area contributed by atoms with E-state index in [0.29, 0.717) is 30.6 Å². The largest absolute Gasteiger partial charge is 0.378 e. The fourth-order valence-electron chi connectivity index (χ4n) is 3.12. The Labute approximate surface area is 147 Å². The molecule has 1 aromatic heterocycles. The normalized spacial score (nSPS) is 18.4.